The summed E-state index contributed by atoms with van der Waals surface area (Å²) in [4.78, 5) is 41.5. The molecule has 11 heteroatoms. The summed E-state index contributed by atoms with van der Waals surface area (Å²) < 4.78 is 5.01. The van der Waals surface area contributed by atoms with Crippen molar-refractivity contribution in [3.05, 3.63) is 82.2 Å². The number of hydrogen-bond donors (Lipinski definition) is 1. The van der Waals surface area contributed by atoms with Crippen molar-refractivity contribution in [2.45, 2.75) is 6.92 Å². The Morgan fingerprint density at radius 3 is 2.46 bits per heavy atom. The van der Waals surface area contributed by atoms with Gasteiger partial charge in [0.1, 0.15) is 5.82 Å². The molecule has 1 N–H and O–H groups in total. The first-order valence-electron chi connectivity index (χ1n) is 11.7. The fourth-order valence-electron chi connectivity index (χ4n) is 4.38. The van der Waals surface area contributed by atoms with E-state index < -0.39 is 10.8 Å². The van der Waals surface area contributed by atoms with Gasteiger partial charge in [0.15, 0.2) is 5.75 Å². The summed E-state index contributed by atoms with van der Waals surface area (Å²) in [6, 6.07) is 13.5. The maximum atomic E-state index is 12.8. The smallest absolute Gasteiger partial charge is 0.311 e. The van der Waals surface area contributed by atoms with Crippen LogP contribution in [0.1, 0.15) is 15.9 Å². The largest absolute Gasteiger partial charge is 0.490 e. The van der Waals surface area contributed by atoms with Gasteiger partial charge in [-0.2, -0.15) is 0 Å². The van der Waals surface area contributed by atoms with E-state index in [0.717, 1.165) is 54.4 Å². The van der Waals surface area contributed by atoms with Crippen molar-refractivity contribution in [1.82, 2.24) is 15.0 Å². The molecule has 1 aliphatic heterocycles. The molecule has 0 radical (unpaired) electrons. The van der Waals surface area contributed by atoms with Gasteiger partial charge in [-0.1, -0.05) is 0 Å². The van der Waals surface area contributed by atoms with Gasteiger partial charge in [0, 0.05) is 61.3 Å². The number of fused-ring (bicyclic) bond motifs is 1. The maximum absolute atomic E-state index is 12.8. The molecule has 0 unspecified atom stereocenters. The number of rotatable bonds is 6. The predicted molar refractivity (Wildman–Crippen MR) is 141 cm³/mol. The molecule has 2 aromatic heterocycles. The van der Waals surface area contributed by atoms with Crippen LogP contribution in [0, 0.1) is 17.0 Å². The number of nitro groups is 1. The summed E-state index contributed by atoms with van der Waals surface area (Å²) in [5.41, 5.74) is 2.33. The number of aryl methyl sites for hydroxylation is 1. The average Bonchev–Trinajstić information content (AvgIpc) is 2.93. The molecule has 4 aromatic rings. The van der Waals surface area contributed by atoms with E-state index in [2.05, 4.69) is 31.2 Å². The molecule has 0 aliphatic carbocycles. The number of amides is 1. The topological polar surface area (TPSA) is 127 Å². The fraction of sp³-hybridized carbons (Fsp3) is 0.231. The maximum Gasteiger partial charge on any atom is 0.311 e. The Balaban J connectivity index is 1.31. The number of benzene rings is 2. The van der Waals surface area contributed by atoms with E-state index in [9.17, 15) is 14.9 Å². The predicted octanol–water partition coefficient (Wildman–Crippen LogP) is 3.83. The third-order valence-corrected chi connectivity index (χ3v) is 6.34. The van der Waals surface area contributed by atoms with E-state index in [1.807, 2.05) is 25.1 Å². The van der Waals surface area contributed by atoms with Crippen molar-refractivity contribution in [3.8, 4) is 5.75 Å². The van der Waals surface area contributed by atoms with Crippen LogP contribution in [0.3, 0.4) is 0 Å². The van der Waals surface area contributed by atoms with Crippen LogP contribution >= 0.6 is 0 Å². The Labute approximate surface area is 212 Å². The molecule has 1 amide bonds. The van der Waals surface area contributed by atoms with Crippen LogP contribution in [0.5, 0.6) is 5.75 Å². The number of piperazine rings is 1. The van der Waals surface area contributed by atoms with Crippen molar-refractivity contribution in [2.24, 2.45) is 0 Å². The second-order valence-corrected chi connectivity index (χ2v) is 8.65. The number of hydrogen-bond acceptors (Lipinski definition) is 9. The summed E-state index contributed by atoms with van der Waals surface area (Å²) in [6.45, 7) is 5.23. The highest BCUT2D eigenvalue weighted by Crippen LogP contribution is 2.29. The molecule has 1 saturated heterocycles. The van der Waals surface area contributed by atoms with Gasteiger partial charge in [-0.05, 0) is 55.0 Å². The minimum absolute atomic E-state index is 0.0968. The van der Waals surface area contributed by atoms with Gasteiger partial charge in [0.25, 0.3) is 5.91 Å². The standard InChI is InChI=1S/C26H25N7O4/c1-17-14-24(31-10-12-32(13-11-31)26-27-8-3-9-28-26)30-21-6-5-19(16-20(17)21)29-25(34)18-4-7-23(37-2)22(15-18)33(35)36/h3-9,14-16H,10-13H2,1-2H3,(H,29,34). The number of nitrogens with zero attached hydrogens (tertiary/aromatic N) is 6. The van der Waals surface area contributed by atoms with Gasteiger partial charge in [-0.15, -0.1) is 0 Å². The highest BCUT2D eigenvalue weighted by molar-refractivity contribution is 6.05. The third kappa shape index (κ3) is 4.96. The lowest BCUT2D eigenvalue weighted by Crippen LogP contribution is -2.47. The number of methoxy groups -OCH3 is 1. The van der Waals surface area contributed by atoms with Crippen LogP contribution < -0.4 is 19.9 Å². The Bertz CT molecular complexity index is 1470. The van der Waals surface area contributed by atoms with Crippen LogP contribution in [-0.2, 0) is 0 Å². The molecule has 0 bridgehead atoms. The third-order valence-electron chi connectivity index (χ3n) is 6.34. The molecule has 2 aromatic carbocycles. The van der Waals surface area contributed by atoms with E-state index in [-0.39, 0.29) is 17.0 Å². The fourth-order valence-corrected chi connectivity index (χ4v) is 4.38. The van der Waals surface area contributed by atoms with E-state index in [1.54, 1.807) is 18.5 Å². The van der Waals surface area contributed by atoms with Gasteiger partial charge < -0.3 is 19.9 Å². The van der Waals surface area contributed by atoms with Crippen LogP contribution in [0.2, 0.25) is 0 Å². The van der Waals surface area contributed by atoms with Crippen molar-refractivity contribution < 1.29 is 14.5 Å². The lowest BCUT2D eigenvalue weighted by Gasteiger charge is -2.35. The summed E-state index contributed by atoms with van der Waals surface area (Å²) in [6.07, 6.45) is 3.50. The molecular weight excluding hydrogens is 474 g/mol. The first-order valence-corrected chi connectivity index (χ1v) is 11.7. The Hall–Kier alpha value is -4.80. The van der Waals surface area contributed by atoms with Crippen molar-refractivity contribution in [1.29, 1.82) is 0 Å². The quantitative estimate of drug-likeness (QED) is 0.311. The number of ether oxygens (including phenoxy) is 1. The Morgan fingerprint density at radius 1 is 1.03 bits per heavy atom. The van der Waals surface area contributed by atoms with Gasteiger partial charge >= 0.3 is 5.69 Å². The molecule has 5 rings (SSSR count). The first-order chi connectivity index (χ1) is 17.9. The number of nitrogens with one attached hydrogen (secondary N) is 1. The molecule has 1 aliphatic rings. The van der Waals surface area contributed by atoms with Crippen LogP contribution in [0.4, 0.5) is 23.1 Å². The number of aromatic nitrogens is 3. The Morgan fingerprint density at radius 2 is 1.76 bits per heavy atom. The minimum atomic E-state index is -0.576. The zero-order valence-electron chi connectivity index (χ0n) is 20.4. The first kappa shape index (κ1) is 23.9. The minimum Gasteiger partial charge on any atom is -0.490 e. The van der Waals surface area contributed by atoms with Gasteiger partial charge in [-0.25, -0.2) is 15.0 Å². The van der Waals surface area contributed by atoms with Gasteiger partial charge in [-0.3, -0.25) is 14.9 Å². The van der Waals surface area contributed by atoms with Crippen molar-refractivity contribution >= 4 is 40.0 Å². The number of carbonyl (C=O) groups excluding carboxylic acids is 1. The average molecular weight is 500 g/mol. The summed E-state index contributed by atoms with van der Waals surface area (Å²) in [7, 11) is 1.35. The summed E-state index contributed by atoms with van der Waals surface area (Å²) in [5.74, 6) is 1.29. The number of pyridine rings is 1. The highest BCUT2D eigenvalue weighted by atomic mass is 16.6. The zero-order chi connectivity index (χ0) is 25.9. The van der Waals surface area contributed by atoms with Crippen LogP contribution in [-0.4, -0.2) is 59.1 Å². The monoisotopic (exact) mass is 499 g/mol. The van der Waals surface area contributed by atoms with E-state index in [0.29, 0.717) is 5.69 Å². The molecule has 188 valence electrons. The normalized spacial score (nSPS) is 13.5. The number of carbonyl (C=O) groups is 1. The molecule has 37 heavy (non-hydrogen) atoms. The molecule has 0 saturated carbocycles. The molecule has 11 nitrogen and oxygen atoms in total. The molecular formula is C26H25N7O4. The lowest BCUT2D eigenvalue weighted by atomic mass is 10.1. The SMILES string of the molecule is COc1ccc(C(=O)Nc2ccc3nc(N4CCN(c5ncccn5)CC4)cc(C)c3c2)cc1[N+](=O)[O-]. The lowest BCUT2D eigenvalue weighted by molar-refractivity contribution is -0.385. The second-order valence-electron chi connectivity index (χ2n) is 8.65. The van der Waals surface area contributed by atoms with Gasteiger partial charge in [0.05, 0.1) is 17.5 Å². The number of anilines is 3. The number of nitro benzene ring substituents is 1. The summed E-state index contributed by atoms with van der Waals surface area (Å²) in [5, 5.41) is 15.0. The highest BCUT2D eigenvalue weighted by Gasteiger charge is 2.21. The summed E-state index contributed by atoms with van der Waals surface area (Å²) >= 11 is 0. The molecule has 0 atom stereocenters. The van der Waals surface area contributed by atoms with Crippen LogP contribution in [0.25, 0.3) is 10.9 Å². The Kier molecular flexibility index (Phi) is 6.50. The van der Waals surface area contributed by atoms with Crippen molar-refractivity contribution in [3.63, 3.8) is 0 Å². The van der Waals surface area contributed by atoms with Crippen LogP contribution in [0.15, 0.2) is 60.9 Å². The zero-order valence-corrected chi connectivity index (χ0v) is 20.4. The molecule has 0 spiro atoms. The molecule has 3 heterocycles. The molecule has 1 fully saturated rings. The van der Waals surface area contributed by atoms with Gasteiger partial charge in [0.2, 0.25) is 5.95 Å². The van der Waals surface area contributed by atoms with E-state index >= 15 is 0 Å². The second kappa shape index (κ2) is 10.1. The van der Waals surface area contributed by atoms with Crippen molar-refractivity contribution in [2.75, 3.05) is 48.4 Å². The van der Waals surface area contributed by atoms with E-state index in [4.69, 9.17) is 9.72 Å². The van der Waals surface area contributed by atoms with E-state index in [1.165, 1.54) is 25.3 Å².